The maximum Gasteiger partial charge on any atom is 0.170 e. The molecule has 1 aromatic heterocycles. The van der Waals surface area contributed by atoms with Crippen LogP contribution in [0.25, 0.3) is 10.9 Å². The van der Waals surface area contributed by atoms with Crippen LogP contribution in [0.4, 0.5) is 5.69 Å². The van der Waals surface area contributed by atoms with Gasteiger partial charge in [0.25, 0.3) is 0 Å². The molecule has 2 aliphatic heterocycles. The number of nitrogens with zero attached hydrogens (tertiary/aromatic N) is 3. The number of anilines is 1. The summed E-state index contributed by atoms with van der Waals surface area (Å²) in [6.45, 7) is 10.9. The lowest BCUT2D eigenvalue weighted by Gasteiger charge is -2.33. The molecule has 4 atom stereocenters. The minimum absolute atomic E-state index is 0.205. The van der Waals surface area contributed by atoms with Crippen molar-refractivity contribution >= 4 is 22.4 Å². The lowest BCUT2D eigenvalue weighted by atomic mass is 9.86. The predicted molar refractivity (Wildman–Crippen MR) is 136 cm³/mol. The van der Waals surface area contributed by atoms with Crippen molar-refractivity contribution in [1.29, 1.82) is 0 Å². The van der Waals surface area contributed by atoms with Gasteiger partial charge in [-0.05, 0) is 79.1 Å². The van der Waals surface area contributed by atoms with Crippen LogP contribution in [0.2, 0.25) is 0 Å². The summed E-state index contributed by atoms with van der Waals surface area (Å²) in [5, 5.41) is 16.6. The number of aryl methyl sites for hydroxylation is 2. The van der Waals surface area contributed by atoms with Gasteiger partial charge in [-0.25, -0.2) is 0 Å². The quantitative estimate of drug-likeness (QED) is 0.562. The van der Waals surface area contributed by atoms with Crippen molar-refractivity contribution in [3.8, 4) is 5.75 Å². The zero-order chi connectivity index (χ0) is 23.7. The van der Waals surface area contributed by atoms with E-state index in [9.17, 15) is 5.11 Å². The van der Waals surface area contributed by atoms with Gasteiger partial charge in [0.05, 0.1) is 11.7 Å². The fraction of sp³-hybridized carbons (Fsp3) is 0.393. The third-order valence-electron chi connectivity index (χ3n) is 7.87. The first-order chi connectivity index (χ1) is 16.3. The summed E-state index contributed by atoms with van der Waals surface area (Å²) in [5.41, 5.74) is 9.96. The summed E-state index contributed by atoms with van der Waals surface area (Å²) in [5.74, 6) is 2.98. The zero-order valence-corrected chi connectivity index (χ0v) is 20.3. The number of amidine groups is 1. The molecule has 176 valence electrons. The van der Waals surface area contributed by atoms with E-state index in [0.29, 0.717) is 11.7 Å². The van der Waals surface area contributed by atoms with Gasteiger partial charge in [0.2, 0.25) is 0 Å². The number of hydrazone groups is 1. The van der Waals surface area contributed by atoms with Gasteiger partial charge in [0.1, 0.15) is 17.7 Å². The van der Waals surface area contributed by atoms with E-state index >= 15 is 0 Å². The molecule has 6 heteroatoms. The van der Waals surface area contributed by atoms with Gasteiger partial charge in [0, 0.05) is 35.8 Å². The number of benzene rings is 2. The molecule has 1 fully saturated rings. The van der Waals surface area contributed by atoms with E-state index in [1.165, 1.54) is 27.6 Å². The number of ether oxygens (including phenoxy) is 1. The number of aliphatic hydroxyl groups is 1. The van der Waals surface area contributed by atoms with Gasteiger partial charge < -0.3 is 14.4 Å². The Morgan fingerprint density at radius 3 is 2.79 bits per heavy atom. The van der Waals surface area contributed by atoms with Crippen LogP contribution in [0, 0.1) is 12.8 Å². The first kappa shape index (κ1) is 21.3. The summed E-state index contributed by atoms with van der Waals surface area (Å²) in [7, 11) is 2.10. The highest BCUT2D eigenvalue weighted by molar-refractivity contribution is 6.15. The molecule has 3 aliphatic rings. The van der Waals surface area contributed by atoms with E-state index in [-0.39, 0.29) is 12.0 Å². The molecule has 4 bridgehead atoms. The molecule has 0 spiro atoms. The molecule has 6 rings (SSSR count). The average Bonchev–Trinajstić information content (AvgIpc) is 3.35. The zero-order valence-electron chi connectivity index (χ0n) is 20.3. The van der Waals surface area contributed by atoms with Crippen molar-refractivity contribution in [2.45, 2.75) is 58.2 Å². The van der Waals surface area contributed by atoms with Crippen molar-refractivity contribution in [2.24, 2.45) is 18.1 Å². The van der Waals surface area contributed by atoms with E-state index < -0.39 is 6.10 Å². The Morgan fingerprint density at radius 1 is 1.15 bits per heavy atom. The molecule has 0 saturated heterocycles. The molecule has 34 heavy (non-hydrogen) atoms. The van der Waals surface area contributed by atoms with E-state index in [2.05, 4.69) is 90.9 Å². The molecule has 2 aromatic carbocycles. The van der Waals surface area contributed by atoms with Crippen molar-refractivity contribution in [3.05, 3.63) is 71.2 Å². The first-order valence-electron chi connectivity index (χ1n) is 12.2. The van der Waals surface area contributed by atoms with Crippen molar-refractivity contribution in [1.82, 2.24) is 9.99 Å². The highest BCUT2D eigenvalue weighted by Gasteiger charge is 2.33. The number of rotatable bonds is 2. The molecular weight excluding hydrogens is 424 g/mol. The van der Waals surface area contributed by atoms with Gasteiger partial charge in [-0.2, -0.15) is 5.10 Å². The Kier molecular flexibility index (Phi) is 4.78. The topological polar surface area (TPSA) is 62.0 Å². The second-order valence-corrected chi connectivity index (χ2v) is 10.3. The fourth-order valence-corrected chi connectivity index (χ4v) is 5.91. The van der Waals surface area contributed by atoms with Gasteiger partial charge in [-0.3, -0.25) is 10.3 Å². The molecule has 2 N–H and O–H groups in total. The Bertz CT molecular complexity index is 1350. The number of nitrogens with one attached hydrogen (secondary N) is 1. The SMILES string of the molecule is C=C1NN=C2c3cc(c(C)cc3OC3C[C@@H](C)CCC3O)C(C)c3cn(C)c4ccc(cc34)N12. The van der Waals surface area contributed by atoms with E-state index in [1.54, 1.807) is 0 Å². The lowest BCUT2D eigenvalue weighted by molar-refractivity contribution is -0.00769. The Hall–Kier alpha value is -3.25. The van der Waals surface area contributed by atoms with Crippen LogP contribution in [-0.2, 0) is 7.05 Å². The largest absolute Gasteiger partial charge is 0.487 e. The molecule has 3 unspecified atom stereocenters. The number of fused-ring (bicyclic) bond motifs is 6. The van der Waals surface area contributed by atoms with Crippen LogP contribution in [0.15, 0.2) is 54.0 Å². The summed E-state index contributed by atoms with van der Waals surface area (Å²) >= 11 is 0. The molecule has 3 aromatic rings. The molecule has 0 radical (unpaired) electrons. The van der Waals surface area contributed by atoms with Crippen LogP contribution < -0.4 is 15.1 Å². The second-order valence-electron chi connectivity index (χ2n) is 10.3. The van der Waals surface area contributed by atoms with E-state index in [4.69, 9.17) is 4.74 Å². The van der Waals surface area contributed by atoms with Crippen molar-refractivity contribution in [2.75, 3.05) is 4.90 Å². The molecule has 3 heterocycles. The van der Waals surface area contributed by atoms with Gasteiger partial charge in [-0.1, -0.05) is 20.4 Å². The maximum atomic E-state index is 10.7. The lowest BCUT2D eigenvalue weighted by Crippen LogP contribution is -2.38. The van der Waals surface area contributed by atoms with Gasteiger partial charge in [0.15, 0.2) is 5.84 Å². The number of hydrogen-bond acceptors (Lipinski definition) is 5. The standard InChI is InChI=1S/C28H32N4O2/c1-15-6-9-25(33)27(10-15)34-26-11-16(2)20-13-22(26)28-30-29-18(4)32(28)19-7-8-24-21(12-19)23(17(20)3)14-31(24)5/h7-8,11-15,17,25,27,29,33H,4,6,9-10H2,1-3,5H3/t15-,17?,25?,27?/m0/s1. The Labute approximate surface area is 200 Å². The Morgan fingerprint density at radius 2 is 1.97 bits per heavy atom. The normalized spacial score (nSPS) is 25.9. The number of aliphatic hydroxyl groups excluding tert-OH is 1. The molecule has 1 aliphatic carbocycles. The van der Waals surface area contributed by atoms with Crippen LogP contribution in [0.1, 0.15) is 61.3 Å². The third-order valence-corrected chi connectivity index (χ3v) is 7.87. The minimum Gasteiger partial charge on any atom is -0.487 e. The number of hydrogen-bond donors (Lipinski definition) is 2. The second kappa shape index (κ2) is 7.64. The summed E-state index contributed by atoms with van der Waals surface area (Å²) in [4.78, 5) is 2.06. The third kappa shape index (κ3) is 3.16. The minimum atomic E-state index is -0.453. The smallest absolute Gasteiger partial charge is 0.170 e. The Balaban J connectivity index is 1.56. The van der Waals surface area contributed by atoms with Gasteiger partial charge in [-0.15, -0.1) is 0 Å². The van der Waals surface area contributed by atoms with Crippen LogP contribution in [0.3, 0.4) is 0 Å². The highest BCUT2D eigenvalue weighted by Crippen LogP contribution is 2.41. The van der Waals surface area contributed by atoms with Crippen molar-refractivity contribution in [3.63, 3.8) is 0 Å². The number of aromatic nitrogens is 1. The summed E-state index contributed by atoms with van der Waals surface area (Å²) in [6, 6.07) is 10.9. The van der Waals surface area contributed by atoms with Crippen molar-refractivity contribution < 1.29 is 9.84 Å². The fourth-order valence-electron chi connectivity index (χ4n) is 5.91. The average molecular weight is 457 g/mol. The molecule has 6 nitrogen and oxygen atoms in total. The van der Waals surface area contributed by atoms with Gasteiger partial charge >= 0.3 is 0 Å². The molecule has 0 amide bonds. The van der Waals surface area contributed by atoms with Crippen LogP contribution in [0.5, 0.6) is 5.75 Å². The maximum absolute atomic E-state index is 10.7. The predicted octanol–water partition coefficient (Wildman–Crippen LogP) is 5.12. The summed E-state index contributed by atoms with van der Waals surface area (Å²) in [6.07, 6.45) is 4.24. The summed E-state index contributed by atoms with van der Waals surface area (Å²) < 4.78 is 8.78. The molecule has 1 saturated carbocycles. The first-order valence-corrected chi connectivity index (χ1v) is 12.2. The van der Waals surface area contributed by atoms with E-state index in [0.717, 1.165) is 42.1 Å². The van der Waals surface area contributed by atoms with E-state index in [1.807, 2.05) is 0 Å². The highest BCUT2D eigenvalue weighted by atomic mass is 16.5. The van der Waals surface area contributed by atoms with Crippen LogP contribution >= 0.6 is 0 Å². The van der Waals surface area contributed by atoms with Crippen LogP contribution in [-0.4, -0.2) is 27.7 Å². The monoisotopic (exact) mass is 456 g/mol. The molecular formula is C28H32N4O2.